The van der Waals surface area contributed by atoms with Crippen LogP contribution in [0.2, 0.25) is 0 Å². The molecule has 0 aliphatic carbocycles. The van der Waals surface area contributed by atoms with E-state index >= 15 is 0 Å². The lowest BCUT2D eigenvalue weighted by atomic mass is 10.2. The highest BCUT2D eigenvalue weighted by Crippen LogP contribution is 2.25. The summed E-state index contributed by atoms with van der Waals surface area (Å²) >= 11 is 4.40. The van der Waals surface area contributed by atoms with Crippen LogP contribution in [0.4, 0.5) is 5.82 Å². The molecule has 0 radical (unpaired) electrons. The third-order valence-corrected chi connectivity index (χ3v) is 3.58. The third kappa shape index (κ3) is 2.07. The van der Waals surface area contributed by atoms with E-state index in [-0.39, 0.29) is 17.4 Å². The minimum Gasteiger partial charge on any atom is -0.339 e. The van der Waals surface area contributed by atoms with Crippen molar-refractivity contribution in [3.8, 4) is 0 Å². The van der Waals surface area contributed by atoms with Crippen molar-refractivity contribution in [2.75, 3.05) is 11.4 Å². The largest absolute Gasteiger partial charge is 0.339 e. The summed E-state index contributed by atoms with van der Waals surface area (Å²) in [5.41, 5.74) is 0.0948. The molecule has 0 spiro atoms. The van der Waals surface area contributed by atoms with Gasteiger partial charge in [0.25, 0.3) is 5.91 Å². The average molecular weight is 278 g/mol. The molecular weight excluding hydrogens is 264 g/mol. The summed E-state index contributed by atoms with van der Waals surface area (Å²) in [6, 6.07) is 0.191. The number of carbonyl (C=O) groups is 1. The maximum atomic E-state index is 11.7. The van der Waals surface area contributed by atoms with Gasteiger partial charge in [0, 0.05) is 25.0 Å². The molecule has 0 bridgehead atoms. The Labute approximate surface area is 115 Å². The van der Waals surface area contributed by atoms with Gasteiger partial charge in [0.15, 0.2) is 5.82 Å². The van der Waals surface area contributed by atoms with Crippen molar-refractivity contribution in [2.24, 2.45) is 0 Å². The number of amides is 1. The zero-order valence-corrected chi connectivity index (χ0v) is 11.2. The molecule has 2 atom stereocenters. The molecule has 0 aromatic carbocycles. The van der Waals surface area contributed by atoms with Gasteiger partial charge in [0.1, 0.15) is 11.2 Å². The first kappa shape index (κ1) is 12.1. The fraction of sp³-hybridized carbons (Fsp3) is 0.364. The fourth-order valence-corrected chi connectivity index (χ4v) is 2.47. The fourth-order valence-electron chi connectivity index (χ4n) is 2.15. The minimum atomic E-state index is -0.380. The number of aromatic amines is 1. The van der Waals surface area contributed by atoms with Crippen LogP contribution in [0.15, 0.2) is 25.0 Å². The molecule has 1 aliphatic heterocycles. The number of fused-ring (bicyclic) bond motifs is 1. The number of aromatic nitrogens is 4. The molecular formula is C11H14N6OS. The Morgan fingerprint density at radius 3 is 3.16 bits per heavy atom. The van der Waals surface area contributed by atoms with Gasteiger partial charge in [-0.2, -0.15) is 0 Å². The second-order valence-electron chi connectivity index (χ2n) is 4.46. The van der Waals surface area contributed by atoms with Crippen molar-refractivity contribution >= 4 is 24.4 Å². The highest BCUT2D eigenvalue weighted by Gasteiger charge is 2.31. The predicted molar refractivity (Wildman–Crippen MR) is 73.1 cm³/mol. The number of nitrogens with one attached hydrogen (secondary N) is 2. The Bertz CT molecular complexity index is 580. The van der Waals surface area contributed by atoms with E-state index in [0.29, 0.717) is 18.1 Å². The van der Waals surface area contributed by atoms with E-state index < -0.39 is 0 Å². The van der Waals surface area contributed by atoms with Crippen molar-refractivity contribution in [3.05, 3.63) is 30.7 Å². The SMILES string of the molecule is CC(CN1c2nc[nH]c2C(=O)NC1S)n1ccnc1. The zero-order chi connectivity index (χ0) is 13.4. The maximum absolute atomic E-state index is 11.7. The van der Waals surface area contributed by atoms with Crippen LogP contribution in [0.3, 0.4) is 0 Å². The molecule has 7 nitrogen and oxygen atoms in total. The van der Waals surface area contributed by atoms with Gasteiger partial charge in [-0.1, -0.05) is 0 Å². The number of anilines is 1. The maximum Gasteiger partial charge on any atom is 0.273 e. The van der Waals surface area contributed by atoms with Crippen molar-refractivity contribution in [2.45, 2.75) is 18.5 Å². The van der Waals surface area contributed by atoms with E-state index in [1.165, 1.54) is 6.33 Å². The monoisotopic (exact) mass is 278 g/mol. The quantitative estimate of drug-likeness (QED) is 0.720. The second kappa shape index (κ2) is 4.61. The van der Waals surface area contributed by atoms with Gasteiger partial charge >= 0.3 is 0 Å². The van der Waals surface area contributed by atoms with Gasteiger partial charge in [-0.05, 0) is 6.92 Å². The molecule has 1 amide bonds. The van der Waals surface area contributed by atoms with E-state index in [1.807, 2.05) is 15.7 Å². The van der Waals surface area contributed by atoms with Gasteiger partial charge in [0.2, 0.25) is 0 Å². The molecule has 3 rings (SSSR count). The zero-order valence-electron chi connectivity index (χ0n) is 10.3. The topological polar surface area (TPSA) is 78.8 Å². The van der Waals surface area contributed by atoms with Crippen LogP contribution in [-0.2, 0) is 0 Å². The van der Waals surface area contributed by atoms with Crippen LogP contribution in [0.1, 0.15) is 23.5 Å². The summed E-state index contributed by atoms with van der Waals surface area (Å²) in [6.07, 6.45) is 6.94. The van der Waals surface area contributed by atoms with Crippen LogP contribution in [0.5, 0.6) is 0 Å². The van der Waals surface area contributed by atoms with Crippen molar-refractivity contribution < 1.29 is 4.79 Å². The normalized spacial score (nSPS) is 20.0. The number of hydrogen-bond donors (Lipinski definition) is 3. The lowest BCUT2D eigenvalue weighted by Crippen LogP contribution is -2.51. The number of rotatable bonds is 3. The minimum absolute atomic E-state index is 0.181. The van der Waals surface area contributed by atoms with E-state index in [9.17, 15) is 4.79 Å². The molecule has 100 valence electrons. The van der Waals surface area contributed by atoms with E-state index in [2.05, 4.69) is 39.8 Å². The summed E-state index contributed by atoms with van der Waals surface area (Å²) in [5.74, 6) is 0.453. The van der Waals surface area contributed by atoms with Crippen molar-refractivity contribution in [1.82, 2.24) is 24.8 Å². The lowest BCUT2D eigenvalue weighted by molar-refractivity contribution is 0.0937. The third-order valence-electron chi connectivity index (χ3n) is 3.17. The molecule has 3 heterocycles. The predicted octanol–water partition coefficient (Wildman–Crippen LogP) is 0.631. The smallest absolute Gasteiger partial charge is 0.273 e. The van der Waals surface area contributed by atoms with Crippen LogP contribution < -0.4 is 10.2 Å². The Morgan fingerprint density at radius 1 is 1.58 bits per heavy atom. The van der Waals surface area contributed by atoms with Crippen molar-refractivity contribution in [1.29, 1.82) is 0 Å². The standard InChI is InChI=1S/C11H14N6OS/c1-7(16-3-2-12-6-16)4-17-9-8(13-5-14-9)10(18)15-11(17)19/h2-3,5-7,11,19H,4H2,1H3,(H,13,14)(H,15,18). The summed E-state index contributed by atoms with van der Waals surface area (Å²) < 4.78 is 2.00. The first-order valence-corrected chi connectivity index (χ1v) is 6.45. The number of thiol groups is 1. The Hall–Kier alpha value is -1.96. The highest BCUT2D eigenvalue weighted by atomic mass is 32.1. The first-order chi connectivity index (χ1) is 9.16. The van der Waals surface area contributed by atoms with Crippen LogP contribution in [-0.4, -0.2) is 37.5 Å². The summed E-state index contributed by atoms with van der Waals surface area (Å²) in [6.45, 7) is 2.74. The Balaban J connectivity index is 1.85. The van der Waals surface area contributed by atoms with Crippen molar-refractivity contribution in [3.63, 3.8) is 0 Å². The molecule has 8 heteroatoms. The van der Waals surface area contributed by atoms with E-state index in [0.717, 1.165) is 0 Å². The summed E-state index contributed by atoms with van der Waals surface area (Å²) in [4.78, 5) is 24.8. The Kier molecular flexibility index (Phi) is 2.94. The molecule has 0 saturated heterocycles. The number of imidazole rings is 2. The first-order valence-electron chi connectivity index (χ1n) is 5.93. The molecule has 2 unspecified atom stereocenters. The molecule has 19 heavy (non-hydrogen) atoms. The second-order valence-corrected chi connectivity index (χ2v) is 4.95. The number of hydrogen-bond acceptors (Lipinski definition) is 5. The summed E-state index contributed by atoms with van der Waals surface area (Å²) in [5, 5.41) is 2.78. The van der Waals surface area contributed by atoms with E-state index in [4.69, 9.17) is 0 Å². The lowest BCUT2D eigenvalue weighted by Gasteiger charge is -2.35. The van der Waals surface area contributed by atoms with Crippen LogP contribution in [0, 0.1) is 0 Å². The van der Waals surface area contributed by atoms with Crippen LogP contribution >= 0.6 is 12.6 Å². The van der Waals surface area contributed by atoms with Gasteiger partial charge in [-0.25, -0.2) is 9.97 Å². The number of carbonyl (C=O) groups excluding carboxylic acids is 1. The summed E-state index contributed by atoms with van der Waals surface area (Å²) in [7, 11) is 0. The Morgan fingerprint density at radius 2 is 2.42 bits per heavy atom. The molecule has 0 saturated carbocycles. The molecule has 2 N–H and O–H groups in total. The van der Waals surface area contributed by atoms with E-state index in [1.54, 1.807) is 12.5 Å². The number of nitrogens with zero attached hydrogens (tertiary/aromatic N) is 4. The van der Waals surface area contributed by atoms with Gasteiger partial charge in [-0.3, -0.25) is 4.79 Å². The molecule has 2 aromatic heterocycles. The van der Waals surface area contributed by atoms with Gasteiger partial charge < -0.3 is 19.8 Å². The van der Waals surface area contributed by atoms with Gasteiger partial charge in [-0.15, -0.1) is 12.6 Å². The van der Waals surface area contributed by atoms with Crippen LogP contribution in [0.25, 0.3) is 0 Å². The highest BCUT2D eigenvalue weighted by molar-refractivity contribution is 7.81. The average Bonchev–Trinajstić information content (AvgIpc) is 3.04. The molecule has 0 fully saturated rings. The van der Waals surface area contributed by atoms with Gasteiger partial charge in [0.05, 0.1) is 12.7 Å². The number of H-pyrrole nitrogens is 1. The molecule has 2 aromatic rings. The molecule has 1 aliphatic rings.